The van der Waals surface area contributed by atoms with Crippen LogP contribution in [0.4, 0.5) is 11.4 Å². The van der Waals surface area contributed by atoms with E-state index >= 15 is 0 Å². The first-order chi connectivity index (χ1) is 10.7. The number of amides is 1. The minimum atomic E-state index is 0.108. The second-order valence-electron chi connectivity index (χ2n) is 5.56. The van der Waals surface area contributed by atoms with Crippen molar-refractivity contribution >= 4 is 17.3 Å². The van der Waals surface area contributed by atoms with E-state index < -0.39 is 0 Å². The highest BCUT2D eigenvalue weighted by Crippen LogP contribution is 2.29. The topological polar surface area (TPSA) is 55.6 Å². The van der Waals surface area contributed by atoms with Gasteiger partial charge in [0.25, 0.3) is 0 Å². The van der Waals surface area contributed by atoms with Gasteiger partial charge in [-0.25, -0.2) is 0 Å². The van der Waals surface area contributed by atoms with Gasteiger partial charge in [-0.3, -0.25) is 4.79 Å². The second-order valence-corrected chi connectivity index (χ2v) is 5.56. The monoisotopic (exact) mass is 296 g/mol. The van der Waals surface area contributed by atoms with E-state index in [0.717, 1.165) is 36.4 Å². The van der Waals surface area contributed by atoms with Crippen molar-refractivity contribution in [1.29, 1.82) is 0 Å². The fourth-order valence-electron chi connectivity index (χ4n) is 2.86. The van der Waals surface area contributed by atoms with Gasteiger partial charge >= 0.3 is 0 Å². The molecule has 1 amide bonds. The average Bonchev–Trinajstić information content (AvgIpc) is 2.55. The molecule has 1 heterocycles. The predicted octanol–water partition coefficient (Wildman–Crippen LogP) is 2.80. The molecular formula is C18H20N2O2. The van der Waals surface area contributed by atoms with Crippen LogP contribution in [0, 0.1) is 0 Å². The highest BCUT2D eigenvalue weighted by molar-refractivity contribution is 5.96. The van der Waals surface area contributed by atoms with Crippen LogP contribution in [0.2, 0.25) is 0 Å². The molecule has 0 unspecified atom stereocenters. The van der Waals surface area contributed by atoms with Crippen molar-refractivity contribution < 1.29 is 9.53 Å². The number of anilines is 2. The maximum Gasteiger partial charge on any atom is 0.231 e. The van der Waals surface area contributed by atoms with Gasteiger partial charge in [-0.1, -0.05) is 18.2 Å². The molecule has 114 valence electrons. The minimum Gasteiger partial charge on any atom is -0.497 e. The number of ether oxygens (including phenoxy) is 1. The van der Waals surface area contributed by atoms with E-state index in [-0.39, 0.29) is 5.91 Å². The van der Waals surface area contributed by atoms with Crippen LogP contribution >= 0.6 is 0 Å². The molecule has 2 N–H and O–H groups in total. The molecule has 0 fully saturated rings. The summed E-state index contributed by atoms with van der Waals surface area (Å²) in [6.45, 7) is 0.755. The predicted molar refractivity (Wildman–Crippen MR) is 88.2 cm³/mol. The van der Waals surface area contributed by atoms with Crippen molar-refractivity contribution in [2.24, 2.45) is 0 Å². The molecule has 1 aliphatic heterocycles. The summed E-state index contributed by atoms with van der Waals surface area (Å²) in [7, 11) is 1.63. The first kappa shape index (κ1) is 14.4. The van der Waals surface area contributed by atoms with Crippen LogP contribution in [0.5, 0.6) is 5.75 Å². The lowest BCUT2D eigenvalue weighted by Crippen LogP contribution is -2.36. The fourth-order valence-corrected chi connectivity index (χ4v) is 2.86. The van der Waals surface area contributed by atoms with Gasteiger partial charge in [0.05, 0.1) is 13.5 Å². The Bertz CT molecular complexity index is 680. The van der Waals surface area contributed by atoms with Gasteiger partial charge in [-0.2, -0.15) is 0 Å². The van der Waals surface area contributed by atoms with Crippen LogP contribution < -0.4 is 15.4 Å². The molecule has 0 aromatic heterocycles. The quantitative estimate of drug-likeness (QED) is 0.886. The van der Waals surface area contributed by atoms with Crippen LogP contribution in [0.1, 0.15) is 17.5 Å². The third kappa shape index (κ3) is 2.91. The average molecular weight is 296 g/mol. The van der Waals surface area contributed by atoms with E-state index in [1.54, 1.807) is 7.11 Å². The Morgan fingerprint density at radius 3 is 2.73 bits per heavy atom. The van der Waals surface area contributed by atoms with E-state index in [1.165, 1.54) is 5.56 Å². The van der Waals surface area contributed by atoms with Crippen LogP contribution in [0.25, 0.3) is 0 Å². The third-order valence-corrected chi connectivity index (χ3v) is 4.04. The minimum absolute atomic E-state index is 0.108. The van der Waals surface area contributed by atoms with Gasteiger partial charge in [0.2, 0.25) is 5.91 Å². The molecule has 2 aromatic carbocycles. The first-order valence-corrected chi connectivity index (χ1v) is 7.49. The number of aryl methyl sites for hydroxylation is 1. The number of nitrogens with two attached hydrogens (primary N) is 1. The Kier molecular flexibility index (Phi) is 4.00. The number of rotatable bonds is 3. The number of fused-ring (bicyclic) bond motifs is 1. The second kappa shape index (κ2) is 6.10. The number of methoxy groups -OCH3 is 1. The summed E-state index contributed by atoms with van der Waals surface area (Å²) in [5, 5.41) is 0. The smallest absolute Gasteiger partial charge is 0.231 e. The van der Waals surface area contributed by atoms with Gasteiger partial charge in [-0.15, -0.1) is 0 Å². The number of carbonyl (C=O) groups is 1. The highest BCUT2D eigenvalue weighted by atomic mass is 16.5. The number of hydrogen-bond acceptors (Lipinski definition) is 3. The van der Waals surface area contributed by atoms with Crippen LogP contribution in [-0.4, -0.2) is 19.6 Å². The van der Waals surface area contributed by atoms with Crippen LogP contribution in [-0.2, 0) is 17.6 Å². The fraction of sp³-hybridized carbons (Fsp3) is 0.278. The van der Waals surface area contributed by atoms with E-state index in [4.69, 9.17) is 10.5 Å². The first-order valence-electron chi connectivity index (χ1n) is 7.49. The molecule has 0 spiro atoms. The van der Waals surface area contributed by atoms with E-state index in [1.807, 2.05) is 47.4 Å². The number of nitrogens with zero attached hydrogens (tertiary/aromatic N) is 1. The lowest BCUT2D eigenvalue weighted by atomic mass is 10.00. The molecule has 0 aliphatic carbocycles. The largest absolute Gasteiger partial charge is 0.497 e. The van der Waals surface area contributed by atoms with Crippen LogP contribution in [0.3, 0.4) is 0 Å². The Morgan fingerprint density at radius 1 is 1.23 bits per heavy atom. The molecule has 3 rings (SSSR count). The molecule has 0 saturated heterocycles. The van der Waals surface area contributed by atoms with Crippen molar-refractivity contribution in [3.63, 3.8) is 0 Å². The van der Waals surface area contributed by atoms with Gasteiger partial charge in [0.1, 0.15) is 5.75 Å². The summed E-state index contributed by atoms with van der Waals surface area (Å²) in [5.74, 6) is 0.906. The zero-order chi connectivity index (χ0) is 15.5. The Labute approximate surface area is 130 Å². The lowest BCUT2D eigenvalue weighted by Gasteiger charge is -2.30. The zero-order valence-corrected chi connectivity index (χ0v) is 12.7. The molecule has 22 heavy (non-hydrogen) atoms. The summed E-state index contributed by atoms with van der Waals surface area (Å²) >= 11 is 0. The zero-order valence-electron chi connectivity index (χ0n) is 12.7. The highest BCUT2D eigenvalue weighted by Gasteiger charge is 2.22. The van der Waals surface area contributed by atoms with Crippen molar-refractivity contribution in [3.05, 3.63) is 53.6 Å². The van der Waals surface area contributed by atoms with Crippen molar-refractivity contribution in [3.8, 4) is 5.75 Å². The molecule has 0 saturated carbocycles. The molecule has 4 nitrogen and oxygen atoms in total. The Hall–Kier alpha value is -2.49. The summed E-state index contributed by atoms with van der Waals surface area (Å²) in [6.07, 6.45) is 2.38. The lowest BCUT2D eigenvalue weighted by molar-refractivity contribution is -0.118. The molecule has 1 aliphatic rings. The SMILES string of the molecule is COc1ccc(CC(=O)N2CCCc3ccc(N)cc32)cc1. The van der Waals surface area contributed by atoms with Crippen molar-refractivity contribution in [1.82, 2.24) is 0 Å². The third-order valence-electron chi connectivity index (χ3n) is 4.04. The summed E-state index contributed by atoms with van der Waals surface area (Å²) < 4.78 is 5.14. The van der Waals surface area contributed by atoms with E-state index in [9.17, 15) is 4.79 Å². The maximum atomic E-state index is 12.6. The molecule has 4 heteroatoms. The molecule has 0 bridgehead atoms. The van der Waals surface area contributed by atoms with E-state index in [2.05, 4.69) is 0 Å². The summed E-state index contributed by atoms with van der Waals surface area (Å²) in [5.41, 5.74) is 9.72. The van der Waals surface area contributed by atoms with Gasteiger partial charge in [0, 0.05) is 17.9 Å². The summed E-state index contributed by atoms with van der Waals surface area (Å²) in [6, 6.07) is 13.4. The van der Waals surface area contributed by atoms with E-state index in [0.29, 0.717) is 12.1 Å². The van der Waals surface area contributed by atoms with Gasteiger partial charge < -0.3 is 15.4 Å². The van der Waals surface area contributed by atoms with Crippen LogP contribution in [0.15, 0.2) is 42.5 Å². The normalized spacial score (nSPS) is 13.6. The van der Waals surface area contributed by atoms with Gasteiger partial charge in [0.15, 0.2) is 0 Å². The number of carbonyl (C=O) groups excluding carboxylic acids is 1. The number of benzene rings is 2. The number of hydrogen-bond donors (Lipinski definition) is 1. The van der Waals surface area contributed by atoms with Gasteiger partial charge in [-0.05, 0) is 48.2 Å². The number of nitrogen functional groups attached to an aromatic ring is 1. The standard InChI is InChI=1S/C18H20N2O2/c1-22-16-8-4-13(5-9-16)11-18(21)20-10-2-3-14-6-7-15(19)12-17(14)20/h4-9,12H,2-3,10-11,19H2,1H3. The molecular weight excluding hydrogens is 276 g/mol. The summed E-state index contributed by atoms with van der Waals surface area (Å²) in [4.78, 5) is 14.5. The molecule has 2 aromatic rings. The molecule has 0 radical (unpaired) electrons. The Balaban J connectivity index is 1.79. The van der Waals surface area contributed by atoms with Crippen molar-refractivity contribution in [2.45, 2.75) is 19.3 Å². The Morgan fingerprint density at radius 2 is 2.00 bits per heavy atom. The maximum absolute atomic E-state index is 12.6. The van der Waals surface area contributed by atoms with Crippen molar-refractivity contribution in [2.75, 3.05) is 24.3 Å². The molecule has 0 atom stereocenters.